The van der Waals surface area contributed by atoms with Gasteiger partial charge < -0.3 is 13.9 Å². The number of hydrogen-bond acceptors (Lipinski definition) is 5. The number of rotatable bonds is 8. The number of sulfonamides is 1. The quantitative estimate of drug-likeness (QED) is 0.570. The Hall–Kier alpha value is -2.84. The van der Waals surface area contributed by atoms with Gasteiger partial charge in [-0.1, -0.05) is 6.07 Å². The van der Waals surface area contributed by atoms with E-state index >= 15 is 0 Å². The van der Waals surface area contributed by atoms with E-state index < -0.39 is 15.8 Å². The summed E-state index contributed by atoms with van der Waals surface area (Å²) in [4.78, 5) is 0.000864. The van der Waals surface area contributed by atoms with Crippen LogP contribution < -0.4 is 9.47 Å². The van der Waals surface area contributed by atoms with Crippen LogP contribution in [0.25, 0.3) is 0 Å². The van der Waals surface area contributed by atoms with Crippen LogP contribution in [0.1, 0.15) is 11.3 Å². The third-order valence-corrected chi connectivity index (χ3v) is 5.98. The molecule has 0 atom stereocenters. The molecule has 2 aromatic carbocycles. The summed E-state index contributed by atoms with van der Waals surface area (Å²) in [6.07, 6.45) is 1.48. The number of ether oxygens (including phenoxy) is 2. The molecule has 0 fully saturated rings. The Morgan fingerprint density at radius 2 is 1.68 bits per heavy atom. The Balaban J connectivity index is 1.96. The smallest absolute Gasteiger partial charge is 0.243 e. The van der Waals surface area contributed by atoms with E-state index in [1.807, 2.05) is 0 Å². The molecule has 0 aliphatic carbocycles. The molecule has 1 aromatic heterocycles. The second-order valence-electron chi connectivity index (χ2n) is 6.00. The van der Waals surface area contributed by atoms with Gasteiger partial charge in [0.25, 0.3) is 0 Å². The molecule has 0 N–H and O–H groups in total. The van der Waals surface area contributed by atoms with E-state index in [-0.39, 0.29) is 18.0 Å². The molecule has 0 amide bonds. The molecule has 0 spiro atoms. The van der Waals surface area contributed by atoms with Crippen molar-refractivity contribution in [2.45, 2.75) is 18.0 Å². The Bertz CT molecular complexity index is 1020. The van der Waals surface area contributed by atoms with Crippen molar-refractivity contribution in [2.24, 2.45) is 0 Å². The van der Waals surface area contributed by atoms with Gasteiger partial charge in [0.1, 0.15) is 11.6 Å². The lowest BCUT2D eigenvalue weighted by molar-refractivity contribution is 0.347. The molecule has 1 heterocycles. The zero-order valence-electron chi connectivity index (χ0n) is 15.5. The van der Waals surface area contributed by atoms with Crippen LogP contribution in [0.4, 0.5) is 4.39 Å². The summed E-state index contributed by atoms with van der Waals surface area (Å²) in [6, 6.07) is 13.3. The first-order valence-corrected chi connectivity index (χ1v) is 9.87. The lowest BCUT2D eigenvalue weighted by Gasteiger charge is -2.22. The Morgan fingerprint density at radius 3 is 2.29 bits per heavy atom. The average molecular weight is 405 g/mol. The number of methoxy groups -OCH3 is 2. The van der Waals surface area contributed by atoms with Crippen molar-refractivity contribution in [1.29, 1.82) is 0 Å². The highest BCUT2D eigenvalue weighted by Gasteiger charge is 2.26. The van der Waals surface area contributed by atoms with Gasteiger partial charge in [-0.15, -0.1) is 0 Å². The maximum absolute atomic E-state index is 13.2. The van der Waals surface area contributed by atoms with Gasteiger partial charge in [0.2, 0.25) is 10.0 Å². The normalized spacial score (nSPS) is 11.6. The summed E-state index contributed by atoms with van der Waals surface area (Å²) >= 11 is 0. The van der Waals surface area contributed by atoms with E-state index in [1.54, 1.807) is 30.3 Å². The van der Waals surface area contributed by atoms with Crippen molar-refractivity contribution < 1.29 is 26.7 Å². The summed E-state index contributed by atoms with van der Waals surface area (Å²) in [5.41, 5.74) is 0.704. The minimum Gasteiger partial charge on any atom is -0.493 e. The van der Waals surface area contributed by atoms with E-state index in [9.17, 15) is 12.8 Å². The van der Waals surface area contributed by atoms with Crippen molar-refractivity contribution in [1.82, 2.24) is 4.31 Å². The van der Waals surface area contributed by atoms with Gasteiger partial charge >= 0.3 is 0 Å². The Morgan fingerprint density at radius 1 is 0.964 bits per heavy atom. The summed E-state index contributed by atoms with van der Waals surface area (Å²) in [7, 11) is -0.854. The SMILES string of the molecule is COc1ccc(CN(Cc2ccco2)S(=O)(=O)c2ccc(F)cc2)cc1OC. The van der Waals surface area contributed by atoms with Crippen molar-refractivity contribution in [3.63, 3.8) is 0 Å². The highest BCUT2D eigenvalue weighted by Crippen LogP contribution is 2.29. The predicted molar refractivity (Wildman–Crippen MR) is 101 cm³/mol. The van der Waals surface area contributed by atoms with Gasteiger partial charge in [-0.25, -0.2) is 12.8 Å². The van der Waals surface area contributed by atoms with Crippen LogP contribution in [0, 0.1) is 5.82 Å². The molecular formula is C20H20FNO5S. The van der Waals surface area contributed by atoms with Crippen molar-refractivity contribution in [3.8, 4) is 11.5 Å². The van der Waals surface area contributed by atoms with Gasteiger partial charge in [0.05, 0.1) is 31.9 Å². The fourth-order valence-corrected chi connectivity index (χ4v) is 4.13. The van der Waals surface area contributed by atoms with E-state index in [0.29, 0.717) is 22.8 Å². The standard InChI is InChI=1S/C20H20FNO5S/c1-25-19-10-5-15(12-20(19)26-2)13-22(14-17-4-3-11-27-17)28(23,24)18-8-6-16(21)7-9-18/h3-12H,13-14H2,1-2H3. The molecule has 0 unspecified atom stereocenters. The van der Waals surface area contributed by atoms with Crippen LogP contribution in [0.15, 0.2) is 70.2 Å². The number of furan rings is 1. The first kappa shape index (κ1) is 19.9. The van der Waals surface area contributed by atoms with Crippen LogP contribution in [0.2, 0.25) is 0 Å². The molecular weight excluding hydrogens is 385 g/mol. The first-order valence-electron chi connectivity index (χ1n) is 8.43. The van der Waals surface area contributed by atoms with Crippen LogP contribution in [0.5, 0.6) is 11.5 Å². The molecule has 0 saturated heterocycles. The van der Waals surface area contributed by atoms with Gasteiger partial charge in [0, 0.05) is 6.54 Å². The summed E-state index contributed by atoms with van der Waals surface area (Å²) in [5, 5.41) is 0. The monoisotopic (exact) mass is 405 g/mol. The summed E-state index contributed by atoms with van der Waals surface area (Å²) < 4.78 is 56.7. The fraction of sp³-hybridized carbons (Fsp3) is 0.200. The van der Waals surface area contributed by atoms with E-state index in [4.69, 9.17) is 13.9 Å². The molecule has 3 rings (SSSR count). The van der Waals surface area contributed by atoms with E-state index in [0.717, 1.165) is 12.1 Å². The number of halogens is 1. The van der Waals surface area contributed by atoms with Crippen LogP contribution in [-0.4, -0.2) is 26.9 Å². The first-order chi connectivity index (χ1) is 13.4. The van der Waals surface area contributed by atoms with Crippen LogP contribution in [0.3, 0.4) is 0 Å². The maximum Gasteiger partial charge on any atom is 0.243 e. The van der Waals surface area contributed by atoms with Gasteiger partial charge in [-0.3, -0.25) is 0 Å². The second kappa shape index (κ2) is 8.45. The summed E-state index contributed by atoms with van der Waals surface area (Å²) in [6.45, 7) is 0.0990. The van der Waals surface area contributed by atoms with Gasteiger partial charge in [-0.2, -0.15) is 4.31 Å². The topological polar surface area (TPSA) is 69.0 Å². The average Bonchev–Trinajstić information content (AvgIpc) is 3.21. The number of benzene rings is 2. The largest absolute Gasteiger partial charge is 0.493 e. The van der Waals surface area contributed by atoms with E-state index in [2.05, 4.69) is 0 Å². The molecule has 148 valence electrons. The molecule has 0 saturated carbocycles. The highest BCUT2D eigenvalue weighted by molar-refractivity contribution is 7.89. The minimum atomic E-state index is -3.89. The van der Waals surface area contributed by atoms with Crippen molar-refractivity contribution in [2.75, 3.05) is 14.2 Å². The molecule has 0 radical (unpaired) electrons. The fourth-order valence-electron chi connectivity index (χ4n) is 2.74. The molecule has 0 bridgehead atoms. The Labute approximate surface area is 163 Å². The predicted octanol–water partition coefficient (Wildman–Crippen LogP) is 3.83. The Kier molecular flexibility index (Phi) is 6.01. The number of nitrogens with zero attached hydrogens (tertiary/aromatic N) is 1. The van der Waals surface area contributed by atoms with Gasteiger partial charge in [0.15, 0.2) is 11.5 Å². The number of hydrogen-bond donors (Lipinski definition) is 0. The van der Waals surface area contributed by atoms with Crippen molar-refractivity contribution >= 4 is 10.0 Å². The van der Waals surface area contributed by atoms with Crippen molar-refractivity contribution in [3.05, 3.63) is 78.0 Å². The zero-order valence-corrected chi connectivity index (χ0v) is 16.3. The van der Waals surface area contributed by atoms with E-state index in [1.165, 1.54) is 36.9 Å². The second-order valence-corrected chi connectivity index (χ2v) is 7.93. The lowest BCUT2D eigenvalue weighted by atomic mass is 10.2. The lowest BCUT2D eigenvalue weighted by Crippen LogP contribution is -2.30. The molecule has 6 nitrogen and oxygen atoms in total. The molecule has 28 heavy (non-hydrogen) atoms. The van der Waals surface area contributed by atoms with Gasteiger partial charge in [-0.05, 0) is 54.1 Å². The third-order valence-electron chi connectivity index (χ3n) is 4.17. The maximum atomic E-state index is 13.2. The highest BCUT2D eigenvalue weighted by atomic mass is 32.2. The molecule has 0 aliphatic heterocycles. The third kappa shape index (κ3) is 4.35. The minimum absolute atomic E-state index is 0.000864. The zero-order chi connectivity index (χ0) is 20.1. The molecule has 0 aliphatic rings. The van der Waals surface area contributed by atoms with Crippen LogP contribution in [-0.2, 0) is 23.1 Å². The van der Waals surface area contributed by atoms with Crippen LogP contribution >= 0.6 is 0 Å². The summed E-state index contributed by atoms with van der Waals surface area (Å²) in [5.74, 6) is 1.03. The molecule has 3 aromatic rings. The molecule has 8 heteroatoms.